The first kappa shape index (κ1) is 11.9. The first-order chi connectivity index (χ1) is 8.01. The molecule has 0 aliphatic rings. The summed E-state index contributed by atoms with van der Waals surface area (Å²) >= 11 is 11.3. The predicted octanol–water partition coefficient (Wildman–Crippen LogP) is 3.21. The van der Waals surface area contributed by atoms with Gasteiger partial charge in [0.2, 0.25) is 0 Å². The summed E-state index contributed by atoms with van der Waals surface area (Å²) in [5.41, 5.74) is 0.784. The van der Waals surface area contributed by atoms with E-state index in [0.717, 1.165) is 0 Å². The lowest BCUT2D eigenvalue weighted by Crippen LogP contribution is -2.21. The zero-order chi connectivity index (χ0) is 12.5. The molecule has 88 valence electrons. The Morgan fingerprint density at radius 3 is 2.71 bits per heavy atom. The predicted molar refractivity (Wildman–Crippen MR) is 62.3 cm³/mol. The highest BCUT2D eigenvalue weighted by Gasteiger charge is 2.40. The quantitative estimate of drug-likeness (QED) is 0.372. The van der Waals surface area contributed by atoms with Crippen LogP contribution in [-0.4, -0.2) is 10.1 Å². The average Bonchev–Trinajstić information content (AvgIpc) is 2.82. The van der Waals surface area contributed by atoms with Gasteiger partial charge in [0, 0.05) is 11.6 Å². The second-order valence-electron chi connectivity index (χ2n) is 3.26. The lowest BCUT2D eigenvalue weighted by atomic mass is 10.1. The van der Waals surface area contributed by atoms with Crippen LogP contribution < -0.4 is 0 Å². The maximum absolute atomic E-state index is 10.7. The molecule has 0 fully saturated rings. The Bertz CT molecular complexity index is 540. The summed E-state index contributed by atoms with van der Waals surface area (Å²) in [5, 5.41) is 14.3. The fourth-order valence-electron chi connectivity index (χ4n) is 1.33. The zero-order valence-corrected chi connectivity index (χ0v) is 9.85. The third-order valence-electron chi connectivity index (χ3n) is 2.16. The van der Waals surface area contributed by atoms with Gasteiger partial charge in [-0.2, -0.15) is 0 Å². The zero-order valence-electron chi connectivity index (χ0n) is 8.34. The maximum atomic E-state index is 10.7. The fourth-order valence-corrected chi connectivity index (χ4v) is 1.56. The summed E-state index contributed by atoms with van der Waals surface area (Å²) in [4.78, 5) is 9.96. The van der Waals surface area contributed by atoms with Gasteiger partial charge in [-0.05, 0) is 35.3 Å². The number of rotatable bonds is 3. The van der Waals surface area contributed by atoms with Crippen LogP contribution in [0.2, 0.25) is 0 Å². The van der Waals surface area contributed by atoms with Crippen LogP contribution in [0.5, 0.6) is 0 Å². The van der Waals surface area contributed by atoms with Crippen molar-refractivity contribution in [2.45, 2.75) is 4.46 Å². The van der Waals surface area contributed by atoms with Crippen molar-refractivity contribution in [3.8, 4) is 11.3 Å². The first-order valence-electron chi connectivity index (χ1n) is 4.55. The van der Waals surface area contributed by atoms with Crippen LogP contribution in [-0.2, 0) is 4.46 Å². The molecule has 1 aromatic heterocycles. The second-order valence-corrected chi connectivity index (χ2v) is 4.54. The SMILES string of the molecule is O=[N+]([O-])C(Cl)(Cl)c1cccc(-c2ccno2)c1. The summed E-state index contributed by atoms with van der Waals surface area (Å²) < 4.78 is 2.77. The molecule has 0 aliphatic carbocycles. The fraction of sp³-hybridized carbons (Fsp3) is 0.100. The summed E-state index contributed by atoms with van der Waals surface area (Å²) in [6, 6.07) is 7.92. The average molecular weight is 273 g/mol. The van der Waals surface area contributed by atoms with Crippen molar-refractivity contribution in [1.29, 1.82) is 0 Å². The van der Waals surface area contributed by atoms with E-state index in [9.17, 15) is 10.1 Å². The van der Waals surface area contributed by atoms with Crippen molar-refractivity contribution in [2.24, 2.45) is 0 Å². The molecule has 0 bridgehead atoms. The van der Waals surface area contributed by atoms with Gasteiger partial charge in [-0.15, -0.1) is 0 Å². The Hall–Kier alpha value is -1.59. The Morgan fingerprint density at radius 1 is 1.35 bits per heavy atom. The minimum absolute atomic E-state index is 0.166. The highest BCUT2D eigenvalue weighted by atomic mass is 35.5. The number of nitro groups is 1. The molecular formula is C10H6Cl2N2O3. The Balaban J connectivity index is 2.46. The van der Waals surface area contributed by atoms with E-state index in [1.54, 1.807) is 18.2 Å². The van der Waals surface area contributed by atoms with Gasteiger partial charge in [0.15, 0.2) is 5.76 Å². The highest BCUT2D eigenvalue weighted by Crippen LogP contribution is 2.36. The third kappa shape index (κ3) is 2.25. The molecule has 5 nitrogen and oxygen atoms in total. The van der Waals surface area contributed by atoms with Gasteiger partial charge in [-0.3, -0.25) is 10.1 Å². The molecule has 17 heavy (non-hydrogen) atoms. The molecule has 0 saturated heterocycles. The van der Waals surface area contributed by atoms with Gasteiger partial charge in [0.25, 0.3) is 0 Å². The minimum Gasteiger partial charge on any atom is -0.356 e. The number of hydrogen-bond donors (Lipinski definition) is 0. The number of alkyl halides is 2. The van der Waals surface area contributed by atoms with E-state index in [4.69, 9.17) is 27.7 Å². The van der Waals surface area contributed by atoms with Crippen molar-refractivity contribution < 1.29 is 9.45 Å². The van der Waals surface area contributed by atoms with E-state index < -0.39 is 9.38 Å². The molecule has 0 saturated carbocycles. The van der Waals surface area contributed by atoms with E-state index in [1.807, 2.05) is 0 Å². The Kier molecular flexibility index (Phi) is 3.04. The number of halogens is 2. The molecule has 0 aliphatic heterocycles. The second kappa shape index (κ2) is 4.35. The van der Waals surface area contributed by atoms with Crippen molar-refractivity contribution in [3.05, 3.63) is 52.2 Å². The third-order valence-corrected chi connectivity index (χ3v) is 2.87. The molecule has 2 aromatic rings. The van der Waals surface area contributed by atoms with Gasteiger partial charge < -0.3 is 4.52 Å². The van der Waals surface area contributed by atoms with E-state index in [2.05, 4.69) is 5.16 Å². The van der Waals surface area contributed by atoms with E-state index in [0.29, 0.717) is 11.3 Å². The van der Waals surface area contributed by atoms with Crippen LogP contribution in [0, 0.1) is 10.1 Å². The van der Waals surface area contributed by atoms with Gasteiger partial charge in [-0.25, -0.2) is 0 Å². The Labute approximate surface area is 106 Å². The summed E-state index contributed by atoms with van der Waals surface area (Å²) in [5.74, 6) is 0.485. The van der Waals surface area contributed by atoms with Crippen molar-refractivity contribution in [3.63, 3.8) is 0 Å². The molecule has 0 spiro atoms. The van der Waals surface area contributed by atoms with Crippen LogP contribution in [0.1, 0.15) is 5.56 Å². The van der Waals surface area contributed by atoms with E-state index in [-0.39, 0.29) is 5.56 Å². The molecule has 0 atom stereocenters. The van der Waals surface area contributed by atoms with Gasteiger partial charge in [0.1, 0.15) is 0 Å². The van der Waals surface area contributed by atoms with Crippen LogP contribution >= 0.6 is 23.2 Å². The highest BCUT2D eigenvalue weighted by molar-refractivity contribution is 6.46. The molecule has 7 heteroatoms. The topological polar surface area (TPSA) is 69.2 Å². The van der Waals surface area contributed by atoms with Gasteiger partial charge >= 0.3 is 4.46 Å². The lowest BCUT2D eigenvalue weighted by molar-refractivity contribution is -0.523. The molecule has 0 unspecified atom stereocenters. The first-order valence-corrected chi connectivity index (χ1v) is 5.31. The van der Waals surface area contributed by atoms with Gasteiger partial charge in [0.05, 0.1) is 16.7 Å². The summed E-state index contributed by atoms with van der Waals surface area (Å²) in [6.45, 7) is 0. The summed E-state index contributed by atoms with van der Waals surface area (Å²) in [7, 11) is 0. The van der Waals surface area contributed by atoms with Gasteiger partial charge in [-0.1, -0.05) is 17.3 Å². The Morgan fingerprint density at radius 2 is 2.12 bits per heavy atom. The molecule has 2 rings (SSSR count). The largest absolute Gasteiger partial charge is 0.396 e. The van der Waals surface area contributed by atoms with Crippen LogP contribution in [0.4, 0.5) is 0 Å². The molecule has 1 aromatic carbocycles. The molecule has 0 amide bonds. The maximum Gasteiger partial charge on any atom is 0.396 e. The molecular weight excluding hydrogens is 267 g/mol. The molecule has 1 heterocycles. The van der Waals surface area contributed by atoms with E-state index >= 15 is 0 Å². The number of nitrogens with zero attached hydrogens (tertiary/aromatic N) is 2. The normalized spacial score (nSPS) is 11.4. The van der Waals surface area contributed by atoms with Crippen molar-refractivity contribution in [2.75, 3.05) is 0 Å². The van der Waals surface area contributed by atoms with Crippen LogP contribution in [0.3, 0.4) is 0 Å². The summed E-state index contributed by atoms with van der Waals surface area (Å²) in [6.07, 6.45) is 1.48. The molecule has 0 radical (unpaired) electrons. The minimum atomic E-state index is -2.17. The van der Waals surface area contributed by atoms with E-state index in [1.165, 1.54) is 18.3 Å². The van der Waals surface area contributed by atoms with Crippen LogP contribution in [0.15, 0.2) is 41.1 Å². The lowest BCUT2D eigenvalue weighted by Gasteiger charge is -2.11. The van der Waals surface area contributed by atoms with Crippen molar-refractivity contribution in [1.82, 2.24) is 5.16 Å². The van der Waals surface area contributed by atoms with Crippen molar-refractivity contribution >= 4 is 23.2 Å². The monoisotopic (exact) mass is 272 g/mol. The number of benzene rings is 1. The molecule has 0 N–H and O–H groups in total. The number of hydrogen-bond acceptors (Lipinski definition) is 4. The number of aromatic nitrogens is 1. The standard InChI is InChI=1S/C10H6Cl2N2O3/c11-10(12,14(15)16)8-3-1-2-7(6-8)9-4-5-13-17-9/h1-6H. The smallest absolute Gasteiger partial charge is 0.356 e. The van der Waals surface area contributed by atoms with Crippen LogP contribution in [0.25, 0.3) is 11.3 Å².